The van der Waals surface area contributed by atoms with Crippen molar-refractivity contribution < 1.29 is 23.5 Å². The first-order valence-corrected chi connectivity index (χ1v) is 9.18. The quantitative estimate of drug-likeness (QED) is 0.437. The number of aromatic nitrogens is 5. The molecule has 11 nitrogen and oxygen atoms in total. The van der Waals surface area contributed by atoms with E-state index in [1.54, 1.807) is 31.2 Å². The molecule has 160 valence electrons. The highest BCUT2D eigenvalue weighted by Crippen LogP contribution is 2.27. The summed E-state index contributed by atoms with van der Waals surface area (Å²) in [5, 5.41) is 17.2. The number of carbonyl (C=O) groups is 2. The van der Waals surface area contributed by atoms with Gasteiger partial charge in [-0.1, -0.05) is 23.7 Å². The maximum atomic E-state index is 10.9. The zero-order valence-corrected chi connectivity index (χ0v) is 17.2. The number of aryl methyl sites for hydroxylation is 1. The van der Waals surface area contributed by atoms with Gasteiger partial charge in [0.15, 0.2) is 23.2 Å². The Hall–Kier alpha value is -3.99. The number of hydrogen-bond donors (Lipinski definition) is 2. The van der Waals surface area contributed by atoms with Crippen LogP contribution in [0, 0.1) is 6.92 Å². The number of rotatable bonds is 5. The number of halogens is 1. The number of carboxylic acids is 1. The molecule has 0 spiro atoms. The zero-order valence-electron chi connectivity index (χ0n) is 16.4. The number of carboxylic acid groups (broad SMARTS) is 1. The van der Waals surface area contributed by atoms with Gasteiger partial charge in [-0.3, -0.25) is 4.79 Å². The number of carbonyl (C=O) groups excluding carboxylic acids is 1. The lowest BCUT2D eigenvalue weighted by molar-refractivity contribution is 0.0691. The third kappa shape index (κ3) is 5.54. The number of nitrogen functional groups attached to an aromatic ring is 1. The van der Waals surface area contributed by atoms with Crippen LogP contribution < -0.4 is 5.73 Å². The maximum absolute atomic E-state index is 10.9. The molecule has 0 radical (unpaired) electrons. The van der Waals surface area contributed by atoms with E-state index >= 15 is 0 Å². The molecule has 0 aliphatic rings. The lowest BCUT2D eigenvalue weighted by Crippen LogP contribution is -2.03. The number of anilines is 1. The summed E-state index contributed by atoms with van der Waals surface area (Å²) in [6.45, 7) is 3.29. The minimum absolute atomic E-state index is 0.0881. The monoisotopic (exact) mass is 444 g/mol. The van der Waals surface area contributed by atoms with Crippen LogP contribution in [0.2, 0.25) is 5.02 Å². The van der Waals surface area contributed by atoms with Gasteiger partial charge in [0.2, 0.25) is 5.78 Å². The number of aromatic carboxylic acids is 1. The molecule has 3 aromatic heterocycles. The van der Waals surface area contributed by atoms with Crippen LogP contribution in [0.15, 0.2) is 45.5 Å². The van der Waals surface area contributed by atoms with Crippen LogP contribution in [0.1, 0.15) is 39.7 Å². The molecule has 4 rings (SSSR count). The van der Waals surface area contributed by atoms with E-state index in [9.17, 15) is 9.59 Å². The van der Waals surface area contributed by atoms with Crippen molar-refractivity contribution in [1.82, 2.24) is 25.0 Å². The summed E-state index contributed by atoms with van der Waals surface area (Å²) in [5.41, 5.74) is 5.90. The molecule has 0 unspecified atom stereocenters. The Morgan fingerprint density at radius 3 is 2.61 bits per heavy atom. The van der Waals surface area contributed by atoms with Gasteiger partial charge < -0.3 is 19.7 Å². The standard InChI is InChI=1S/C11H8ClNO3.C8H9N5O2/c1-6-13-9(11(14)15)10(16-6)7-3-2-4-8(12)5-7;1-5(14)8-10-2-6(15-8)4-13-11-3-7(9)12-13/h2-5H,1H3,(H,14,15);2-3H,4H2,1H3,(H2,9,12). The number of Topliss-reactive ketones (excluding diaryl/α,β-unsaturated/α-hetero) is 1. The normalized spacial score (nSPS) is 10.4. The van der Waals surface area contributed by atoms with Crippen LogP contribution in [0.3, 0.4) is 0 Å². The summed E-state index contributed by atoms with van der Waals surface area (Å²) >= 11 is 5.82. The molecule has 1 aromatic carbocycles. The van der Waals surface area contributed by atoms with Crippen LogP contribution in [0.25, 0.3) is 11.3 Å². The molecule has 12 heteroatoms. The van der Waals surface area contributed by atoms with Crippen molar-refractivity contribution in [2.75, 3.05) is 5.73 Å². The van der Waals surface area contributed by atoms with Crippen molar-refractivity contribution in [3.05, 3.63) is 64.9 Å². The minimum atomic E-state index is -1.12. The number of benzene rings is 1. The zero-order chi connectivity index (χ0) is 22.5. The second-order valence-corrected chi connectivity index (χ2v) is 6.65. The lowest BCUT2D eigenvalue weighted by atomic mass is 10.1. The maximum Gasteiger partial charge on any atom is 0.358 e. The molecular weight excluding hydrogens is 428 g/mol. The van der Waals surface area contributed by atoms with Gasteiger partial charge in [0, 0.05) is 24.4 Å². The fraction of sp³-hybridized carbons (Fsp3) is 0.158. The Kier molecular flexibility index (Phi) is 6.46. The topological polar surface area (TPSA) is 163 Å². The van der Waals surface area contributed by atoms with Gasteiger partial charge in [0.1, 0.15) is 12.3 Å². The summed E-state index contributed by atoms with van der Waals surface area (Å²) in [4.78, 5) is 30.8. The average molecular weight is 445 g/mol. The van der Waals surface area contributed by atoms with Crippen molar-refractivity contribution in [3.8, 4) is 11.3 Å². The van der Waals surface area contributed by atoms with E-state index in [0.717, 1.165) is 0 Å². The number of nitrogens with zero attached hydrogens (tertiary/aromatic N) is 5. The molecule has 3 heterocycles. The fourth-order valence-corrected chi connectivity index (χ4v) is 2.66. The second kappa shape index (κ2) is 9.22. The molecule has 0 aliphatic heterocycles. The van der Waals surface area contributed by atoms with E-state index in [2.05, 4.69) is 20.2 Å². The van der Waals surface area contributed by atoms with Crippen LogP contribution in [-0.2, 0) is 6.54 Å². The molecule has 3 N–H and O–H groups in total. The smallest absolute Gasteiger partial charge is 0.358 e. The summed E-state index contributed by atoms with van der Waals surface area (Å²) in [7, 11) is 0. The van der Waals surface area contributed by atoms with Gasteiger partial charge in [-0.15, -0.1) is 5.10 Å². The van der Waals surface area contributed by atoms with E-state index < -0.39 is 5.97 Å². The van der Waals surface area contributed by atoms with Crippen LogP contribution in [0.5, 0.6) is 0 Å². The molecule has 0 amide bonds. The van der Waals surface area contributed by atoms with Crippen LogP contribution in [-0.4, -0.2) is 41.8 Å². The first kappa shape index (κ1) is 21.7. The van der Waals surface area contributed by atoms with Crippen molar-refractivity contribution in [3.63, 3.8) is 0 Å². The van der Waals surface area contributed by atoms with Crippen molar-refractivity contribution in [2.45, 2.75) is 20.4 Å². The van der Waals surface area contributed by atoms with E-state index in [-0.39, 0.29) is 23.1 Å². The van der Waals surface area contributed by atoms with E-state index in [1.165, 1.54) is 24.1 Å². The van der Waals surface area contributed by atoms with Crippen molar-refractivity contribution in [2.24, 2.45) is 0 Å². The van der Waals surface area contributed by atoms with E-state index in [0.29, 0.717) is 34.6 Å². The Morgan fingerprint density at radius 2 is 2.03 bits per heavy atom. The molecule has 31 heavy (non-hydrogen) atoms. The average Bonchev–Trinajstić information content (AvgIpc) is 3.43. The fourth-order valence-electron chi connectivity index (χ4n) is 2.47. The third-order valence-electron chi connectivity index (χ3n) is 3.73. The molecule has 4 aromatic rings. The van der Waals surface area contributed by atoms with Crippen LogP contribution in [0.4, 0.5) is 5.82 Å². The van der Waals surface area contributed by atoms with E-state index in [4.69, 9.17) is 31.3 Å². The molecule has 0 atom stereocenters. The number of hydrogen-bond acceptors (Lipinski definition) is 9. The summed E-state index contributed by atoms with van der Waals surface area (Å²) in [5.74, 6) is 0.142. The third-order valence-corrected chi connectivity index (χ3v) is 3.96. The van der Waals surface area contributed by atoms with Gasteiger partial charge in [0.25, 0.3) is 5.89 Å². The van der Waals surface area contributed by atoms with Gasteiger partial charge in [0.05, 0.1) is 12.4 Å². The first-order chi connectivity index (χ1) is 14.7. The largest absolute Gasteiger partial charge is 0.476 e. The van der Waals surface area contributed by atoms with Gasteiger partial charge >= 0.3 is 5.97 Å². The molecule has 0 saturated heterocycles. The molecule has 0 bridgehead atoms. The highest BCUT2D eigenvalue weighted by Gasteiger charge is 2.19. The number of oxazole rings is 2. The van der Waals surface area contributed by atoms with Gasteiger partial charge in [-0.05, 0) is 12.1 Å². The summed E-state index contributed by atoms with van der Waals surface area (Å²) < 4.78 is 10.4. The highest BCUT2D eigenvalue weighted by atomic mass is 35.5. The van der Waals surface area contributed by atoms with Gasteiger partial charge in [-0.25, -0.2) is 14.8 Å². The van der Waals surface area contributed by atoms with Crippen LogP contribution >= 0.6 is 11.6 Å². The molecule has 0 fully saturated rings. The van der Waals surface area contributed by atoms with Crippen molar-refractivity contribution >= 4 is 29.2 Å². The highest BCUT2D eigenvalue weighted by molar-refractivity contribution is 6.30. The Bertz CT molecular complexity index is 1230. The SMILES string of the molecule is CC(=O)c1ncc(Cn2ncc(N)n2)o1.Cc1nc(C(=O)O)c(-c2cccc(Cl)c2)o1. The van der Waals surface area contributed by atoms with Crippen molar-refractivity contribution in [1.29, 1.82) is 0 Å². The molecule has 0 saturated carbocycles. The predicted molar refractivity (Wildman–Crippen MR) is 109 cm³/mol. The summed E-state index contributed by atoms with van der Waals surface area (Å²) in [6.07, 6.45) is 2.90. The Balaban J connectivity index is 0.000000176. The number of ketones is 1. The second-order valence-electron chi connectivity index (χ2n) is 6.21. The first-order valence-electron chi connectivity index (χ1n) is 8.81. The number of nitrogens with two attached hydrogens (primary N) is 1. The molecule has 0 aliphatic carbocycles. The summed E-state index contributed by atoms with van der Waals surface area (Å²) in [6, 6.07) is 6.78. The van der Waals surface area contributed by atoms with Gasteiger partial charge in [-0.2, -0.15) is 9.90 Å². The van der Waals surface area contributed by atoms with E-state index in [1.807, 2.05) is 0 Å². The Morgan fingerprint density at radius 1 is 1.26 bits per heavy atom. The minimum Gasteiger partial charge on any atom is -0.476 e. The Labute approximate surface area is 180 Å². The lowest BCUT2D eigenvalue weighted by Gasteiger charge is -1.98. The predicted octanol–water partition coefficient (Wildman–Crippen LogP) is 3.10. The molecular formula is C19H17ClN6O5.